The predicted octanol–water partition coefficient (Wildman–Crippen LogP) is 4.71. The summed E-state index contributed by atoms with van der Waals surface area (Å²) >= 11 is 5.38. The molecule has 4 aliphatic carbocycles. The summed E-state index contributed by atoms with van der Waals surface area (Å²) < 4.78 is 5.40. The minimum absolute atomic E-state index is 0.00670. The molecule has 4 fully saturated rings. The minimum atomic E-state index is -0.126. The zero-order chi connectivity index (χ0) is 22.2. The Hall–Kier alpha value is -2.15. The number of methoxy groups -OCH3 is 1. The number of hydrogen-bond acceptors (Lipinski definition) is 4. The van der Waals surface area contributed by atoms with Crippen LogP contribution in [0, 0.1) is 29.1 Å². The van der Waals surface area contributed by atoms with E-state index in [4.69, 9.17) is 17.0 Å². The minimum Gasteiger partial charge on any atom is -0.494 e. The van der Waals surface area contributed by atoms with Crippen LogP contribution in [-0.2, 0) is 9.59 Å². The molecule has 0 saturated heterocycles. The van der Waals surface area contributed by atoms with Crippen molar-refractivity contribution < 1.29 is 14.3 Å². The normalized spacial score (nSPS) is 28.3. The molecule has 3 N–H and O–H groups in total. The lowest BCUT2D eigenvalue weighted by Gasteiger charge is -2.56. The monoisotopic (exact) mass is 443 g/mol. The number of hydrogen-bond donors (Lipinski definition) is 3. The van der Waals surface area contributed by atoms with E-state index in [1.165, 1.54) is 38.5 Å². The van der Waals surface area contributed by atoms with Gasteiger partial charge in [-0.1, -0.05) is 13.8 Å². The number of carbonyl (C=O) groups excluding carboxylic acids is 2. The first-order valence-corrected chi connectivity index (χ1v) is 11.8. The van der Waals surface area contributed by atoms with E-state index in [0.717, 1.165) is 17.8 Å². The van der Waals surface area contributed by atoms with Crippen molar-refractivity contribution in [3.63, 3.8) is 0 Å². The summed E-state index contributed by atoms with van der Waals surface area (Å²) in [5.74, 6) is 2.81. The van der Waals surface area contributed by atoms with Gasteiger partial charge < -0.3 is 20.7 Å². The molecule has 0 aromatic heterocycles. The molecular formula is C24H33N3O3S. The molecule has 4 saturated carbocycles. The Balaban J connectivity index is 1.33. The molecule has 6 nitrogen and oxygen atoms in total. The van der Waals surface area contributed by atoms with Crippen molar-refractivity contribution >= 4 is 40.5 Å². The maximum absolute atomic E-state index is 12.8. The summed E-state index contributed by atoms with van der Waals surface area (Å²) in [4.78, 5) is 24.8. The van der Waals surface area contributed by atoms with E-state index in [0.29, 0.717) is 23.5 Å². The second-order valence-corrected chi connectivity index (χ2v) is 10.6. The smallest absolute Gasteiger partial charge is 0.227 e. The molecule has 4 bridgehead atoms. The van der Waals surface area contributed by atoms with Gasteiger partial charge in [0.05, 0.1) is 12.8 Å². The van der Waals surface area contributed by atoms with Crippen molar-refractivity contribution in [1.29, 1.82) is 0 Å². The summed E-state index contributed by atoms with van der Waals surface area (Å²) in [6, 6.07) is 5.32. The molecule has 0 spiro atoms. The van der Waals surface area contributed by atoms with E-state index in [-0.39, 0.29) is 28.3 Å². The van der Waals surface area contributed by atoms with Crippen LogP contribution in [0.15, 0.2) is 18.2 Å². The Bertz CT molecular complexity index is 848. The van der Waals surface area contributed by atoms with Crippen LogP contribution in [0.25, 0.3) is 0 Å². The highest BCUT2D eigenvalue weighted by Gasteiger charge is 2.51. The van der Waals surface area contributed by atoms with Crippen molar-refractivity contribution in [1.82, 2.24) is 5.32 Å². The van der Waals surface area contributed by atoms with Gasteiger partial charge >= 0.3 is 0 Å². The molecule has 31 heavy (non-hydrogen) atoms. The van der Waals surface area contributed by atoms with E-state index < -0.39 is 0 Å². The molecule has 5 rings (SSSR count). The van der Waals surface area contributed by atoms with Gasteiger partial charge in [-0.15, -0.1) is 0 Å². The molecule has 0 aliphatic heterocycles. The molecule has 2 amide bonds. The Morgan fingerprint density at radius 1 is 1.10 bits per heavy atom. The quantitative estimate of drug-likeness (QED) is 0.555. The van der Waals surface area contributed by atoms with Crippen LogP contribution in [0.2, 0.25) is 0 Å². The van der Waals surface area contributed by atoms with Crippen LogP contribution >= 0.6 is 12.2 Å². The van der Waals surface area contributed by atoms with Crippen LogP contribution in [0.3, 0.4) is 0 Å². The van der Waals surface area contributed by atoms with Gasteiger partial charge in [-0.2, -0.15) is 0 Å². The van der Waals surface area contributed by atoms with Crippen LogP contribution in [-0.4, -0.2) is 24.0 Å². The molecule has 1 aromatic rings. The fourth-order valence-corrected chi connectivity index (χ4v) is 6.56. The Morgan fingerprint density at radius 3 is 2.26 bits per heavy atom. The number of amides is 2. The molecule has 7 heteroatoms. The van der Waals surface area contributed by atoms with E-state index in [1.54, 1.807) is 25.3 Å². The molecule has 0 atom stereocenters. The van der Waals surface area contributed by atoms with Gasteiger partial charge in [0, 0.05) is 24.1 Å². The first kappa shape index (κ1) is 22.1. The van der Waals surface area contributed by atoms with E-state index >= 15 is 0 Å². The number of carbonyl (C=O) groups is 2. The molecule has 4 aliphatic rings. The largest absolute Gasteiger partial charge is 0.494 e. The zero-order valence-corrected chi connectivity index (χ0v) is 19.4. The second kappa shape index (κ2) is 8.77. The van der Waals surface area contributed by atoms with Crippen molar-refractivity contribution in [2.45, 2.75) is 58.8 Å². The van der Waals surface area contributed by atoms with Crippen molar-refractivity contribution in [3.8, 4) is 5.75 Å². The van der Waals surface area contributed by atoms with Gasteiger partial charge in [0.15, 0.2) is 5.11 Å². The third-order valence-electron chi connectivity index (χ3n) is 7.20. The average Bonchev–Trinajstić information content (AvgIpc) is 2.67. The number of nitrogens with one attached hydrogen (secondary N) is 3. The van der Waals surface area contributed by atoms with Gasteiger partial charge in [-0.3, -0.25) is 9.59 Å². The van der Waals surface area contributed by atoms with Gasteiger partial charge in [0.1, 0.15) is 5.75 Å². The first-order chi connectivity index (χ1) is 14.7. The Morgan fingerprint density at radius 2 is 1.71 bits per heavy atom. The molecule has 0 heterocycles. The topological polar surface area (TPSA) is 79.5 Å². The highest BCUT2D eigenvalue weighted by Crippen LogP contribution is 2.61. The highest BCUT2D eigenvalue weighted by molar-refractivity contribution is 7.80. The molecule has 0 unspecified atom stereocenters. The summed E-state index contributed by atoms with van der Waals surface area (Å²) in [6.07, 6.45) is 8.29. The average molecular weight is 444 g/mol. The van der Waals surface area contributed by atoms with E-state index in [1.807, 2.05) is 13.8 Å². The van der Waals surface area contributed by atoms with Crippen molar-refractivity contribution in [3.05, 3.63) is 18.2 Å². The second-order valence-electron chi connectivity index (χ2n) is 10.2. The Kier molecular flexibility index (Phi) is 6.24. The fourth-order valence-electron chi connectivity index (χ4n) is 6.33. The predicted molar refractivity (Wildman–Crippen MR) is 126 cm³/mol. The zero-order valence-electron chi connectivity index (χ0n) is 18.6. The third kappa shape index (κ3) is 5.03. The summed E-state index contributed by atoms with van der Waals surface area (Å²) in [7, 11) is 1.55. The summed E-state index contributed by atoms with van der Waals surface area (Å²) in [6.45, 7) is 3.67. The van der Waals surface area contributed by atoms with Gasteiger partial charge in [-0.05, 0) is 86.0 Å². The van der Waals surface area contributed by atoms with Crippen LogP contribution < -0.4 is 20.7 Å². The van der Waals surface area contributed by atoms with E-state index in [9.17, 15) is 9.59 Å². The third-order valence-corrected chi connectivity index (χ3v) is 7.40. The van der Waals surface area contributed by atoms with Crippen molar-refractivity contribution in [2.75, 3.05) is 17.7 Å². The summed E-state index contributed by atoms with van der Waals surface area (Å²) in [5, 5.41) is 9.08. The summed E-state index contributed by atoms with van der Waals surface area (Å²) in [5.41, 5.74) is 1.48. The van der Waals surface area contributed by atoms with Crippen LogP contribution in [0.4, 0.5) is 11.4 Å². The van der Waals surface area contributed by atoms with Crippen molar-refractivity contribution in [2.24, 2.45) is 29.1 Å². The first-order valence-electron chi connectivity index (χ1n) is 11.3. The van der Waals surface area contributed by atoms with Crippen LogP contribution in [0.1, 0.15) is 58.8 Å². The molecule has 0 radical (unpaired) electrons. The standard InChI is InChI=1S/C24H33N3O3S/c1-14(2)22(29)26-19-5-4-18(9-20(19)30-3)25-23(31)27-21(28)13-24-10-15-6-16(11-24)8-17(7-15)12-24/h4-5,9,14-17H,6-8,10-13H2,1-3H3,(H,26,29)(H2,25,27,28,31). The SMILES string of the molecule is COc1cc(NC(=S)NC(=O)CC23CC4CC(CC(C4)C2)C3)ccc1NC(=O)C(C)C. The molecule has 168 valence electrons. The molecular weight excluding hydrogens is 410 g/mol. The van der Waals surface area contributed by atoms with Crippen LogP contribution in [0.5, 0.6) is 5.75 Å². The number of rotatable bonds is 6. The van der Waals surface area contributed by atoms with Gasteiger partial charge in [0.25, 0.3) is 0 Å². The lowest BCUT2D eigenvalue weighted by atomic mass is 9.49. The molecule has 1 aromatic carbocycles. The number of benzene rings is 1. The number of anilines is 2. The lowest BCUT2D eigenvalue weighted by Crippen LogP contribution is -2.48. The lowest BCUT2D eigenvalue weighted by molar-refractivity contribution is -0.128. The fraction of sp³-hybridized carbons (Fsp3) is 0.625. The van der Waals surface area contributed by atoms with E-state index in [2.05, 4.69) is 16.0 Å². The maximum Gasteiger partial charge on any atom is 0.227 e. The highest BCUT2D eigenvalue weighted by atomic mass is 32.1. The Labute approximate surface area is 189 Å². The number of ether oxygens (including phenoxy) is 1. The van der Waals surface area contributed by atoms with Gasteiger partial charge in [0.2, 0.25) is 11.8 Å². The van der Waals surface area contributed by atoms with Gasteiger partial charge in [-0.25, -0.2) is 0 Å². The maximum atomic E-state index is 12.8. The number of thiocarbonyl (C=S) groups is 1.